The zero-order valence-corrected chi connectivity index (χ0v) is 18.3. The number of benzene rings is 2. The van der Waals surface area contributed by atoms with E-state index < -0.39 is 10.0 Å². The fourth-order valence-electron chi connectivity index (χ4n) is 3.18. The lowest BCUT2D eigenvalue weighted by molar-refractivity contribution is -0.122. The molecule has 2 N–H and O–H groups in total. The van der Waals surface area contributed by atoms with Crippen LogP contribution in [0.1, 0.15) is 11.1 Å². The average Bonchev–Trinajstić information content (AvgIpc) is 2.75. The Kier molecular flexibility index (Phi) is 7.26. The highest BCUT2D eigenvalue weighted by atomic mass is 32.2. The number of hydrazone groups is 1. The van der Waals surface area contributed by atoms with Crippen LogP contribution in [0.2, 0.25) is 0 Å². The number of rotatable bonds is 7. The minimum absolute atomic E-state index is 0.0206. The van der Waals surface area contributed by atoms with Crippen LogP contribution < -0.4 is 10.2 Å². The van der Waals surface area contributed by atoms with Gasteiger partial charge in [-0.1, -0.05) is 17.7 Å². The molecule has 0 aromatic heterocycles. The van der Waals surface area contributed by atoms with Crippen LogP contribution in [0.4, 0.5) is 0 Å². The van der Waals surface area contributed by atoms with Crippen molar-refractivity contribution in [2.24, 2.45) is 5.10 Å². The van der Waals surface area contributed by atoms with E-state index in [1.54, 1.807) is 36.4 Å². The van der Waals surface area contributed by atoms with E-state index in [4.69, 9.17) is 4.74 Å². The fraction of sp³-hybridized carbons (Fsp3) is 0.333. The number of phenolic OH excluding ortho intramolecular Hbond substituents is 1. The maximum atomic E-state index is 12.8. The Hall–Kier alpha value is -2.95. The standard InChI is InChI=1S/C21H26N4O5S/c1-16-3-6-18(7-4-16)31(28,29)25-11-9-24(10-12-25)15-21(27)23-22-14-17-5-8-19(26)20(13-17)30-2/h3-8,13-14,26H,9-12,15H2,1-2H3,(H,23,27)/b22-14-. The third-order valence-electron chi connectivity index (χ3n) is 4.96. The van der Waals surface area contributed by atoms with E-state index in [1.165, 1.54) is 23.7 Å². The molecule has 0 radical (unpaired) electrons. The lowest BCUT2D eigenvalue weighted by Crippen LogP contribution is -2.50. The summed E-state index contributed by atoms with van der Waals surface area (Å²) in [5, 5.41) is 13.5. The number of aryl methyl sites for hydroxylation is 1. The molecule has 0 aliphatic carbocycles. The summed E-state index contributed by atoms with van der Waals surface area (Å²) in [6, 6.07) is 11.5. The van der Waals surface area contributed by atoms with Crippen molar-refractivity contribution in [1.82, 2.24) is 14.6 Å². The predicted molar refractivity (Wildman–Crippen MR) is 117 cm³/mol. The molecule has 0 saturated carbocycles. The first-order valence-electron chi connectivity index (χ1n) is 9.77. The van der Waals surface area contributed by atoms with Gasteiger partial charge < -0.3 is 9.84 Å². The molecule has 0 unspecified atom stereocenters. The minimum atomic E-state index is -3.53. The molecule has 1 amide bonds. The van der Waals surface area contributed by atoms with Crippen LogP contribution in [-0.2, 0) is 14.8 Å². The topological polar surface area (TPSA) is 112 Å². The number of ether oxygens (including phenoxy) is 1. The molecular formula is C21H26N4O5S. The van der Waals surface area contributed by atoms with Gasteiger partial charge in [-0.3, -0.25) is 9.69 Å². The zero-order valence-electron chi connectivity index (χ0n) is 17.5. The van der Waals surface area contributed by atoms with Gasteiger partial charge in [-0.25, -0.2) is 13.8 Å². The lowest BCUT2D eigenvalue weighted by atomic mass is 10.2. The molecule has 0 atom stereocenters. The average molecular weight is 447 g/mol. The van der Waals surface area contributed by atoms with Crippen LogP contribution >= 0.6 is 0 Å². The van der Waals surface area contributed by atoms with Crippen LogP contribution in [0, 0.1) is 6.92 Å². The summed E-state index contributed by atoms with van der Waals surface area (Å²) in [5.41, 5.74) is 4.12. The van der Waals surface area contributed by atoms with E-state index in [0.29, 0.717) is 37.5 Å². The van der Waals surface area contributed by atoms with E-state index in [0.717, 1.165) is 5.56 Å². The number of aromatic hydroxyl groups is 1. The Morgan fingerprint density at radius 1 is 1.16 bits per heavy atom. The molecule has 0 bridgehead atoms. The third kappa shape index (κ3) is 5.81. The van der Waals surface area contributed by atoms with Crippen molar-refractivity contribution in [1.29, 1.82) is 0 Å². The second-order valence-electron chi connectivity index (χ2n) is 7.22. The van der Waals surface area contributed by atoms with Crippen molar-refractivity contribution in [2.45, 2.75) is 11.8 Å². The van der Waals surface area contributed by atoms with Crippen molar-refractivity contribution in [2.75, 3.05) is 39.8 Å². The van der Waals surface area contributed by atoms with Crippen molar-refractivity contribution < 1.29 is 23.1 Å². The number of phenols is 1. The Balaban J connectivity index is 1.48. The van der Waals surface area contributed by atoms with Gasteiger partial charge in [-0.2, -0.15) is 9.41 Å². The Morgan fingerprint density at radius 2 is 1.84 bits per heavy atom. The summed E-state index contributed by atoms with van der Waals surface area (Å²) >= 11 is 0. The molecule has 1 heterocycles. The quantitative estimate of drug-likeness (QED) is 0.488. The van der Waals surface area contributed by atoms with Crippen molar-refractivity contribution >= 4 is 22.1 Å². The minimum Gasteiger partial charge on any atom is -0.504 e. The number of sulfonamides is 1. The molecule has 2 aromatic rings. The number of hydrogen-bond acceptors (Lipinski definition) is 7. The van der Waals surface area contributed by atoms with Crippen LogP contribution in [0.3, 0.4) is 0 Å². The maximum absolute atomic E-state index is 12.8. The van der Waals surface area contributed by atoms with Crippen molar-refractivity contribution in [3.63, 3.8) is 0 Å². The zero-order chi connectivity index (χ0) is 22.4. The van der Waals surface area contributed by atoms with Gasteiger partial charge in [0.05, 0.1) is 24.8 Å². The van der Waals surface area contributed by atoms with Crippen molar-refractivity contribution in [3.05, 3.63) is 53.6 Å². The maximum Gasteiger partial charge on any atom is 0.254 e. The number of nitrogens with zero attached hydrogens (tertiary/aromatic N) is 3. The van der Waals surface area contributed by atoms with E-state index >= 15 is 0 Å². The smallest absolute Gasteiger partial charge is 0.254 e. The normalized spacial score (nSPS) is 15.8. The molecule has 9 nitrogen and oxygen atoms in total. The summed E-state index contributed by atoms with van der Waals surface area (Å²) in [4.78, 5) is 14.3. The predicted octanol–water partition coefficient (Wildman–Crippen LogP) is 1.17. The first-order chi connectivity index (χ1) is 14.8. The van der Waals surface area contributed by atoms with Crippen LogP contribution in [0.5, 0.6) is 11.5 Å². The molecule has 1 aliphatic heterocycles. The molecule has 1 aliphatic rings. The van der Waals surface area contributed by atoms with E-state index in [1.807, 2.05) is 11.8 Å². The van der Waals surface area contributed by atoms with E-state index in [9.17, 15) is 18.3 Å². The summed E-state index contributed by atoms with van der Waals surface area (Å²) in [6.45, 7) is 3.58. The molecule has 0 spiro atoms. The largest absolute Gasteiger partial charge is 0.504 e. The monoisotopic (exact) mass is 446 g/mol. The lowest BCUT2D eigenvalue weighted by Gasteiger charge is -2.33. The fourth-order valence-corrected chi connectivity index (χ4v) is 4.60. The van der Waals surface area contributed by atoms with Gasteiger partial charge in [0.15, 0.2) is 11.5 Å². The van der Waals surface area contributed by atoms with Crippen LogP contribution in [-0.4, -0.2) is 74.7 Å². The van der Waals surface area contributed by atoms with E-state index in [-0.39, 0.29) is 23.1 Å². The Labute approximate surface area is 182 Å². The number of amides is 1. The summed E-state index contributed by atoms with van der Waals surface area (Å²) < 4.78 is 32.0. The highest BCUT2D eigenvalue weighted by Gasteiger charge is 2.28. The summed E-state index contributed by atoms with van der Waals surface area (Å²) in [5.74, 6) is 0.0396. The number of piperazine rings is 1. The van der Waals surface area contributed by atoms with Crippen LogP contribution in [0.25, 0.3) is 0 Å². The number of methoxy groups -OCH3 is 1. The van der Waals surface area contributed by atoms with Gasteiger partial charge in [0.25, 0.3) is 5.91 Å². The van der Waals surface area contributed by atoms with Crippen molar-refractivity contribution in [3.8, 4) is 11.5 Å². The second kappa shape index (κ2) is 9.90. The van der Waals surface area contributed by atoms with Gasteiger partial charge in [0.1, 0.15) is 0 Å². The first kappa shape index (κ1) is 22.7. The molecule has 3 rings (SSSR count). The van der Waals surface area contributed by atoms with Gasteiger partial charge >= 0.3 is 0 Å². The highest BCUT2D eigenvalue weighted by Crippen LogP contribution is 2.25. The van der Waals surface area contributed by atoms with Gasteiger partial charge in [-0.05, 0) is 42.8 Å². The Bertz CT molecular complexity index is 1050. The molecular weight excluding hydrogens is 420 g/mol. The SMILES string of the molecule is COc1cc(/C=N\NC(=O)CN2CCN(S(=O)(=O)c3ccc(C)cc3)CC2)ccc1O. The molecule has 1 saturated heterocycles. The number of nitrogens with one attached hydrogen (secondary N) is 1. The third-order valence-corrected chi connectivity index (χ3v) is 6.88. The Morgan fingerprint density at radius 3 is 2.48 bits per heavy atom. The number of hydrogen-bond donors (Lipinski definition) is 2. The second-order valence-corrected chi connectivity index (χ2v) is 9.16. The summed E-state index contributed by atoms with van der Waals surface area (Å²) in [7, 11) is -2.08. The molecule has 2 aromatic carbocycles. The van der Waals surface area contributed by atoms with E-state index in [2.05, 4.69) is 10.5 Å². The number of carbonyl (C=O) groups is 1. The molecule has 166 valence electrons. The van der Waals surface area contributed by atoms with Gasteiger partial charge in [-0.15, -0.1) is 0 Å². The molecule has 1 fully saturated rings. The van der Waals surface area contributed by atoms with Gasteiger partial charge in [0, 0.05) is 26.2 Å². The first-order valence-corrected chi connectivity index (χ1v) is 11.2. The molecule has 31 heavy (non-hydrogen) atoms. The number of carbonyl (C=O) groups excluding carboxylic acids is 1. The molecule has 10 heteroatoms. The van der Waals surface area contributed by atoms with Crippen LogP contribution in [0.15, 0.2) is 52.5 Å². The summed E-state index contributed by atoms with van der Waals surface area (Å²) in [6.07, 6.45) is 1.45. The van der Waals surface area contributed by atoms with Gasteiger partial charge in [0.2, 0.25) is 10.0 Å². The highest BCUT2D eigenvalue weighted by molar-refractivity contribution is 7.89.